The Bertz CT molecular complexity index is 720. The summed E-state index contributed by atoms with van der Waals surface area (Å²) in [5.74, 6) is 1.61. The summed E-state index contributed by atoms with van der Waals surface area (Å²) in [4.78, 5) is 9.28. The highest BCUT2D eigenvalue weighted by atomic mass is 32.1. The molecule has 4 heteroatoms. The molecule has 0 unspecified atom stereocenters. The average molecular weight is 281 g/mol. The maximum Gasteiger partial charge on any atom is 0.163 e. The second-order valence-corrected chi connectivity index (χ2v) is 5.29. The van der Waals surface area contributed by atoms with Gasteiger partial charge < -0.3 is 5.32 Å². The fraction of sp³-hybridized carbons (Fsp3) is 0.125. The van der Waals surface area contributed by atoms with Crippen molar-refractivity contribution in [3.63, 3.8) is 0 Å². The fourth-order valence-corrected chi connectivity index (χ4v) is 2.87. The second kappa shape index (κ2) is 5.43. The minimum atomic E-state index is 0.773. The molecular formula is C16H15N3S. The topological polar surface area (TPSA) is 37.8 Å². The molecule has 0 aliphatic heterocycles. The number of aryl methyl sites for hydroxylation is 1. The van der Waals surface area contributed by atoms with Crippen molar-refractivity contribution >= 4 is 17.2 Å². The predicted octanol–water partition coefficient (Wildman–Crippen LogP) is 4.22. The van der Waals surface area contributed by atoms with Gasteiger partial charge in [0.05, 0.1) is 5.69 Å². The molecule has 20 heavy (non-hydrogen) atoms. The number of nitrogens with zero attached hydrogens (tertiary/aromatic N) is 2. The summed E-state index contributed by atoms with van der Waals surface area (Å²) in [6, 6.07) is 12.1. The third-order valence-corrected chi connectivity index (χ3v) is 4.01. The van der Waals surface area contributed by atoms with Crippen LogP contribution in [0, 0.1) is 6.92 Å². The summed E-state index contributed by atoms with van der Waals surface area (Å²) < 4.78 is 0. The molecule has 0 aliphatic carbocycles. The first-order chi connectivity index (χ1) is 9.78. The zero-order valence-electron chi connectivity index (χ0n) is 11.4. The lowest BCUT2D eigenvalue weighted by molar-refractivity contribution is 1.17. The van der Waals surface area contributed by atoms with Crippen molar-refractivity contribution in [2.75, 3.05) is 12.4 Å². The molecule has 0 fully saturated rings. The summed E-state index contributed by atoms with van der Waals surface area (Å²) in [5, 5.41) is 7.33. The van der Waals surface area contributed by atoms with Crippen LogP contribution in [0.25, 0.3) is 22.6 Å². The van der Waals surface area contributed by atoms with Crippen LogP contribution in [0.15, 0.2) is 47.2 Å². The fourth-order valence-electron chi connectivity index (χ4n) is 2.04. The van der Waals surface area contributed by atoms with Gasteiger partial charge in [-0.2, -0.15) is 11.3 Å². The molecule has 0 spiro atoms. The van der Waals surface area contributed by atoms with Crippen LogP contribution in [0.2, 0.25) is 0 Å². The lowest BCUT2D eigenvalue weighted by Gasteiger charge is -2.08. The highest BCUT2D eigenvalue weighted by Gasteiger charge is 2.10. The first-order valence-electron chi connectivity index (χ1n) is 6.43. The third-order valence-electron chi connectivity index (χ3n) is 3.15. The molecule has 0 atom stereocenters. The number of nitrogens with one attached hydrogen (secondary N) is 1. The van der Waals surface area contributed by atoms with Gasteiger partial charge in [0.15, 0.2) is 5.82 Å². The zero-order valence-corrected chi connectivity index (χ0v) is 12.2. The molecule has 0 saturated heterocycles. The van der Waals surface area contributed by atoms with Crippen molar-refractivity contribution < 1.29 is 0 Å². The Morgan fingerprint density at radius 1 is 1.05 bits per heavy atom. The minimum Gasteiger partial charge on any atom is -0.373 e. The van der Waals surface area contributed by atoms with Crippen LogP contribution in [0.3, 0.4) is 0 Å². The van der Waals surface area contributed by atoms with E-state index in [1.807, 2.05) is 31.3 Å². The van der Waals surface area contributed by atoms with E-state index in [0.717, 1.165) is 28.5 Å². The van der Waals surface area contributed by atoms with Gasteiger partial charge in [0.1, 0.15) is 5.82 Å². The van der Waals surface area contributed by atoms with Crippen molar-refractivity contribution in [3.05, 3.63) is 52.7 Å². The van der Waals surface area contributed by atoms with E-state index in [-0.39, 0.29) is 0 Å². The average Bonchev–Trinajstić information content (AvgIpc) is 2.94. The zero-order chi connectivity index (χ0) is 13.9. The molecule has 2 heterocycles. The minimum absolute atomic E-state index is 0.773. The van der Waals surface area contributed by atoms with E-state index >= 15 is 0 Å². The van der Waals surface area contributed by atoms with Crippen LogP contribution in [0.1, 0.15) is 5.56 Å². The highest BCUT2D eigenvalue weighted by molar-refractivity contribution is 7.08. The van der Waals surface area contributed by atoms with E-state index in [1.165, 1.54) is 5.56 Å². The molecule has 3 aromatic rings. The van der Waals surface area contributed by atoms with Crippen molar-refractivity contribution in [1.82, 2.24) is 9.97 Å². The summed E-state index contributed by atoms with van der Waals surface area (Å²) >= 11 is 1.68. The Hall–Kier alpha value is -2.20. The number of aromatic nitrogens is 2. The molecule has 3 nitrogen and oxygen atoms in total. The lowest BCUT2D eigenvalue weighted by atomic mass is 10.1. The van der Waals surface area contributed by atoms with Crippen molar-refractivity contribution in [3.8, 4) is 22.6 Å². The molecule has 1 N–H and O–H groups in total. The van der Waals surface area contributed by atoms with E-state index in [2.05, 4.69) is 40.1 Å². The maximum atomic E-state index is 4.71. The number of hydrogen-bond donors (Lipinski definition) is 1. The molecule has 0 bridgehead atoms. The van der Waals surface area contributed by atoms with E-state index in [4.69, 9.17) is 4.98 Å². The summed E-state index contributed by atoms with van der Waals surface area (Å²) in [5.41, 5.74) is 4.35. The quantitative estimate of drug-likeness (QED) is 0.781. The Labute approximate surface area is 122 Å². The van der Waals surface area contributed by atoms with Crippen LogP contribution < -0.4 is 5.32 Å². The van der Waals surface area contributed by atoms with Crippen LogP contribution in [0.4, 0.5) is 5.82 Å². The number of rotatable bonds is 3. The number of thiophene rings is 1. The van der Waals surface area contributed by atoms with Crippen LogP contribution in [0.5, 0.6) is 0 Å². The molecule has 0 saturated carbocycles. The van der Waals surface area contributed by atoms with Gasteiger partial charge in [-0.05, 0) is 17.9 Å². The summed E-state index contributed by atoms with van der Waals surface area (Å²) in [6.45, 7) is 2.09. The lowest BCUT2D eigenvalue weighted by Crippen LogP contribution is -1.98. The van der Waals surface area contributed by atoms with Gasteiger partial charge in [-0.3, -0.25) is 0 Å². The molecular weight excluding hydrogens is 266 g/mol. The summed E-state index contributed by atoms with van der Waals surface area (Å²) in [7, 11) is 1.88. The van der Waals surface area contributed by atoms with E-state index in [9.17, 15) is 0 Å². The van der Waals surface area contributed by atoms with Gasteiger partial charge in [-0.1, -0.05) is 30.3 Å². The Balaban J connectivity index is 2.15. The van der Waals surface area contributed by atoms with Crippen molar-refractivity contribution in [2.24, 2.45) is 0 Å². The molecule has 100 valence electrons. The van der Waals surface area contributed by atoms with Gasteiger partial charge in [0, 0.05) is 29.6 Å². The van der Waals surface area contributed by atoms with Crippen LogP contribution in [-0.2, 0) is 0 Å². The van der Waals surface area contributed by atoms with Crippen molar-refractivity contribution in [1.29, 1.82) is 0 Å². The molecule has 2 aromatic heterocycles. The number of benzene rings is 1. The van der Waals surface area contributed by atoms with Gasteiger partial charge in [0.25, 0.3) is 0 Å². The van der Waals surface area contributed by atoms with E-state index < -0.39 is 0 Å². The van der Waals surface area contributed by atoms with E-state index in [1.54, 1.807) is 11.3 Å². The monoisotopic (exact) mass is 281 g/mol. The number of anilines is 1. The molecule has 3 rings (SSSR count). The Morgan fingerprint density at radius 2 is 1.85 bits per heavy atom. The first kappa shape index (κ1) is 12.8. The van der Waals surface area contributed by atoms with Gasteiger partial charge in [-0.25, -0.2) is 9.97 Å². The first-order valence-corrected chi connectivity index (χ1v) is 7.37. The van der Waals surface area contributed by atoms with Crippen LogP contribution in [-0.4, -0.2) is 17.0 Å². The Morgan fingerprint density at radius 3 is 2.50 bits per heavy atom. The van der Waals surface area contributed by atoms with Gasteiger partial charge in [0.2, 0.25) is 0 Å². The molecule has 0 amide bonds. The van der Waals surface area contributed by atoms with Crippen molar-refractivity contribution in [2.45, 2.75) is 6.92 Å². The maximum absolute atomic E-state index is 4.71. The van der Waals surface area contributed by atoms with Crippen LogP contribution >= 0.6 is 11.3 Å². The smallest absolute Gasteiger partial charge is 0.163 e. The standard InChI is InChI=1S/C16H15N3S/c1-11-9-20-10-13(11)16-18-14(8-15(17-2)19-16)12-6-4-3-5-7-12/h3-10H,1-2H3,(H,17,18,19). The Kier molecular flexibility index (Phi) is 3.48. The predicted molar refractivity (Wildman–Crippen MR) is 85.1 cm³/mol. The third kappa shape index (κ3) is 2.42. The largest absolute Gasteiger partial charge is 0.373 e. The normalized spacial score (nSPS) is 10.5. The molecule has 0 aliphatic rings. The van der Waals surface area contributed by atoms with Gasteiger partial charge in [-0.15, -0.1) is 0 Å². The molecule has 1 aromatic carbocycles. The van der Waals surface area contributed by atoms with E-state index in [0.29, 0.717) is 0 Å². The van der Waals surface area contributed by atoms with Gasteiger partial charge >= 0.3 is 0 Å². The number of hydrogen-bond acceptors (Lipinski definition) is 4. The molecule has 0 radical (unpaired) electrons. The summed E-state index contributed by atoms with van der Waals surface area (Å²) in [6.07, 6.45) is 0. The second-order valence-electron chi connectivity index (χ2n) is 4.55. The highest BCUT2D eigenvalue weighted by Crippen LogP contribution is 2.28. The SMILES string of the molecule is CNc1cc(-c2ccccc2)nc(-c2cscc2C)n1.